The van der Waals surface area contributed by atoms with Gasteiger partial charge in [0.25, 0.3) is 0 Å². The van der Waals surface area contributed by atoms with Crippen molar-refractivity contribution >= 4 is 17.4 Å². The number of nitrogens with zero attached hydrogens (tertiary/aromatic N) is 1. The van der Waals surface area contributed by atoms with E-state index in [2.05, 4.69) is 10.2 Å². The Bertz CT molecular complexity index is 1070. The maximum Gasteiger partial charge on any atom is 0.225 e. The van der Waals surface area contributed by atoms with Crippen LogP contribution in [0.2, 0.25) is 0 Å². The maximum absolute atomic E-state index is 12.7. The second kappa shape index (κ2) is 10.8. The van der Waals surface area contributed by atoms with Crippen LogP contribution in [-0.4, -0.2) is 41.3 Å². The fourth-order valence-corrected chi connectivity index (χ4v) is 4.03. The molecule has 6 heteroatoms. The van der Waals surface area contributed by atoms with E-state index in [-0.39, 0.29) is 23.4 Å². The number of rotatable bonds is 8. The third kappa shape index (κ3) is 6.20. The van der Waals surface area contributed by atoms with Crippen LogP contribution < -0.4 is 10.1 Å². The van der Waals surface area contributed by atoms with Crippen LogP contribution in [0.5, 0.6) is 17.2 Å². The molecule has 0 atom stereocenters. The minimum absolute atomic E-state index is 0.0124. The van der Waals surface area contributed by atoms with Crippen molar-refractivity contribution in [3.63, 3.8) is 0 Å². The van der Waals surface area contributed by atoms with E-state index >= 15 is 0 Å². The minimum atomic E-state index is -0.0681. The van der Waals surface area contributed by atoms with E-state index in [1.165, 1.54) is 0 Å². The number of ketones is 1. The van der Waals surface area contributed by atoms with Crippen LogP contribution in [0.3, 0.4) is 0 Å². The highest BCUT2D eigenvalue weighted by molar-refractivity contribution is 5.98. The summed E-state index contributed by atoms with van der Waals surface area (Å²) in [5, 5.41) is 12.4. The van der Waals surface area contributed by atoms with Crippen molar-refractivity contribution in [1.82, 2.24) is 4.90 Å². The summed E-state index contributed by atoms with van der Waals surface area (Å²) < 4.78 is 5.91. The van der Waals surface area contributed by atoms with Gasteiger partial charge in [-0.25, -0.2) is 0 Å². The van der Waals surface area contributed by atoms with Crippen LogP contribution in [-0.2, 0) is 4.79 Å². The van der Waals surface area contributed by atoms with E-state index in [1.54, 1.807) is 24.3 Å². The normalized spacial score (nSPS) is 14.5. The molecular weight excluding hydrogens is 416 g/mol. The summed E-state index contributed by atoms with van der Waals surface area (Å²) in [6, 6.07) is 23.3. The SMILES string of the molecule is O=C(CCN1CCC(C(=O)c2ccc(O)cc2)CC1)Nc1ccccc1Oc1ccccc1. The Kier molecular flexibility index (Phi) is 7.37. The quantitative estimate of drug-likeness (QED) is 0.472. The molecule has 0 spiro atoms. The van der Waals surface area contributed by atoms with Crippen molar-refractivity contribution in [2.24, 2.45) is 5.92 Å². The van der Waals surface area contributed by atoms with Crippen LogP contribution in [0.15, 0.2) is 78.9 Å². The zero-order chi connectivity index (χ0) is 23.0. The fraction of sp³-hybridized carbons (Fsp3) is 0.259. The lowest BCUT2D eigenvalue weighted by Crippen LogP contribution is -2.38. The molecule has 6 nitrogen and oxygen atoms in total. The molecular formula is C27H28N2O4. The van der Waals surface area contributed by atoms with Crippen molar-refractivity contribution in [2.75, 3.05) is 25.0 Å². The van der Waals surface area contributed by atoms with E-state index in [1.807, 2.05) is 54.6 Å². The van der Waals surface area contributed by atoms with Gasteiger partial charge in [0.05, 0.1) is 5.69 Å². The Hall–Kier alpha value is -3.64. The number of ether oxygens (including phenoxy) is 1. The van der Waals surface area contributed by atoms with Crippen molar-refractivity contribution < 1.29 is 19.4 Å². The average molecular weight is 445 g/mol. The molecule has 0 aliphatic carbocycles. The molecule has 0 aromatic heterocycles. The monoisotopic (exact) mass is 444 g/mol. The van der Waals surface area contributed by atoms with Crippen molar-refractivity contribution in [1.29, 1.82) is 0 Å². The van der Waals surface area contributed by atoms with Crippen molar-refractivity contribution in [3.05, 3.63) is 84.4 Å². The van der Waals surface area contributed by atoms with Crippen LogP contribution in [0.4, 0.5) is 5.69 Å². The molecule has 2 N–H and O–H groups in total. The summed E-state index contributed by atoms with van der Waals surface area (Å²) >= 11 is 0. The van der Waals surface area contributed by atoms with Crippen LogP contribution >= 0.6 is 0 Å². The third-order valence-corrected chi connectivity index (χ3v) is 5.90. The molecule has 0 unspecified atom stereocenters. The lowest BCUT2D eigenvalue weighted by Gasteiger charge is -2.31. The number of para-hydroxylation sites is 3. The number of phenolic OH excluding ortho intramolecular Hbond substituents is 1. The zero-order valence-electron chi connectivity index (χ0n) is 18.4. The number of likely N-dealkylation sites (tertiary alicyclic amines) is 1. The maximum atomic E-state index is 12.7. The highest BCUT2D eigenvalue weighted by atomic mass is 16.5. The molecule has 0 radical (unpaired) electrons. The van der Waals surface area contributed by atoms with Gasteiger partial charge in [-0.2, -0.15) is 0 Å². The van der Waals surface area contributed by atoms with Gasteiger partial charge in [-0.3, -0.25) is 9.59 Å². The largest absolute Gasteiger partial charge is 0.508 e. The van der Waals surface area contributed by atoms with Crippen molar-refractivity contribution in [3.8, 4) is 17.2 Å². The summed E-state index contributed by atoms with van der Waals surface area (Å²) in [5.41, 5.74) is 1.28. The second-order valence-electron chi connectivity index (χ2n) is 8.24. The number of carbonyl (C=O) groups is 2. The Morgan fingerprint density at radius 3 is 2.30 bits per heavy atom. The van der Waals surface area contributed by atoms with E-state index in [4.69, 9.17) is 4.74 Å². The summed E-state index contributed by atoms with van der Waals surface area (Å²) in [5.74, 6) is 1.52. The molecule has 1 aliphatic heterocycles. The number of nitrogens with one attached hydrogen (secondary N) is 1. The first kappa shape index (κ1) is 22.6. The van der Waals surface area contributed by atoms with Gasteiger partial charge in [-0.1, -0.05) is 30.3 Å². The lowest BCUT2D eigenvalue weighted by molar-refractivity contribution is -0.116. The summed E-state index contributed by atoms with van der Waals surface area (Å²) in [7, 11) is 0. The van der Waals surface area contributed by atoms with Gasteiger partial charge >= 0.3 is 0 Å². The summed E-state index contributed by atoms with van der Waals surface area (Å²) in [6.07, 6.45) is 1.92. The molecule has 1 amide bonds. The van der Waals surface area contributed by atoms with Gasteiger partial charge in [-0.05, 0) is 74.5 Å². The highest BCUT2D eigenvalue weighted by Gasteiger charge is 2.26. The number of benzene rings is 3. The van der Waals surface area contributed by atoms with E-state index < -0.39 is 0 Å². The molecule has 4 rings (SSSR count). The first-order valence-electron chi connectivity index (χ1n) is 11.3. The van der Waals surface area contributed by atoms with E-state index in [9.17, 15) is 14.7 Å². The molecule has 1 fully saturated rings. The fourth-order valence-electron chi connectivity index (χ4n) is 4.03. The molecule has 0 saturated carbocycles. The molecule has 3 aromatic carbocycles. The predicted octanol–water partition coefficient (Wildman–Crippen LogP) is 5.11. The lowest BCUT2D eigenvalue weighted by atomic mass is 9.89. The average Bonchev–Trinajstić information content (AvgIpc) is 2.85. The highest BCUT2D eigenvalue weighted by Crippen LogP contribution is 2.29. The predicted molar refractivity (Wildman–Crippen MR) is 128 cm³/mol. The number of anilines is 1. The van der Waals surface area contributed by atoms with Crippen LogP contribution in [0.1, 0.15) is 29.6 Å². The number of hydrogen-bond donors (Lipinski definition) is 2. The number of aromatic hydroxyl groups is 1. The summed E-state index contributed by atoms with van der Waals surface area (Å²) in [6.45, 7) is 2.22. The number of hydrogen-bond acceptors (Lipinski definition) is 5. The van der Waals surface area contributed by atoms with Gasteiger partial charge in [0.1, 0.15) is 11.5 Å². The number of carbonyl (C=O) groups excluding carboxylic acids is 2. The zero-order valence-corrected chi connectivity index (χ0v) is 18.4. The Labute approximate surface area is 193 Å². The molecule has 1 heterocycles. The second-order valence-corrected chi connectivity index (χ2v) is 8.24. The van der Waals surface area contributed by atoms with E-state index in [0.717, 1.165) is 25.9 Å². The molecule has 170 valence electrons. The Balaban J connectivity index is 1.24. The Morgan fingerprint density at radius 2 is 1.58 bits per heavy atom. The van der Waals surface area contributed by atoms with Gasteiger partial charge in [0.2, 0.25) is 5.91 Å². The first-order valence-corrected chi connectivity index (χ1v) is 11.3. The van der Waals surface area contributed by atoms with Crippen molar-refractivity contribution in [2.45, 2.75) is 19.3 Å². The molecule has 33 heavy (non-hydrogen) atoms. The smallest absolute Gasteiger partial charge is 0.225 e. The number of piperidine rings is 1. The molecule has 1 saturated heterocycles. The topological polar surface area (TPSA) is 78.9 Å². The Morgan fingerprint density at radius 1 is 0.909 bits per heavy atom. The minimum Gasteiger partial charge on any atom is -0.508 e. The number of amides is 1. The van der Waals surface area contributed by atoms with Gasteiger partial charge in [0.15, 0.2) is 11.5 Å². The van der Waals surface area contributed by atoms with Crippen LogP contribution in [0.25, 0.3) is 0 Å². The summed E-state index contributed by atoms with van der Waals surface area (Å²) in [4.78, 5) is 27.5. The molecule has 3 aromatic rings. The van der Waals surface area contributed by atoms with Gasteiger partial charge in [-0.15, -0.1) is 0 Å². The standard InChI is InChI=1S/C27H28N2O4/c30-22-12-10-20(11-13-22)27(32)21-14-17-29(18-15-21)19-16-26(31)28-24-8-4-5-9-25(24)33-23-6-2-1-3-7-23/h1-13,21,30H,14-19H2,(H,28,31). The van der Waals surface area contributed by atoms with Crippen LogP contribution in [0, 0.1) is 5.92 Å². The van der Waals surface area contributed by atoms with Gasteiger partial charge < -0.3 is 20.1 Å². The molecule has 0 bridgehead atoms. The number of phenols is 1. The first-order chi connectivity index (χ1) is 16.1. The number of Topliss-reactive ketones (excluding diaryl/α,β-unsaturated/α-hetero) is 1. The van der Waals surface area contributed by atoms with Gasteiger partial charge in [0, 0.05) is 24.4 Å². The molecule has 1 aliphatic rings. The third-order valence-electron chi connectivity index (χ3n) is 5.90. The van der Waals surface area contributed by atoms with E-state index in [0.29, 0.717) is 35.7 Å².